The molecule has 1 unspecified atom stereocenters. The molecule has 0 radical (unpaired) electrons. The second-order valence-corrected chi connectivity index (χ2v) is 6.91. The summed E-state index contributed by atoms with van der Waals surface area (Å²) >= 11 is 1.50. The van der Waals surface area contributed by atoms with Gasteiger partial charge in [-0.2, -0.15) is 5.26 Å². The van der Waals surface area contributed by atoms with E-state index >= 15 is 0 Å². The number of allylic oxidation sites excluding steroid dienone is 2. The van der Waals surface area contributed by atoms with Crippen LogP contribution in [0.2, 0.25) is 0 Å². The van der Waals surface area contributed by atoms with Crippen LogP contribution in [0.25, 0.3) is 0 Å². The molecule has 0 bridgehead atoms. The quantitative estimate of drug-likeness (QED) is 0.580. The average molecular weight is 357 g/mol. The summed E-state index contributed by atoms with van der Waals surface area (Å²) < 4.78 is 0. The Kier molecular flexibility index (Phi) is 6.10. The molecular weight excluding hydrogens is 338 g/mol. The van der Waals surface area contributed by atoms with Gasteiger partial charge in [0.2, 0.25) is 0 Å². The minimum Gasteiger partial charge on any atom is -0.295 e. The van der Waals surface area contributed by atoms with Gasteiger partial charge in [-0.15, -0.1) is 11.8 Å². The van der Waals surface area contributed by atoms with Crippen molar-refractivity contribution in [3.8, 4) is 6.07 Å². The molecule has 0 saturated carbocycles. The number of Topliss-reactive ketones (excluding diaryl/α,β-unsaturated/α-hetero) is 1. The monoisotopic (exact) mass is 357 g/mol. The van der Waals surface area contributed by atoms with Crippen molar-refractivity contribution in [2.45, 2.75) is 33.1 Å². The largest absolute Gasteiger partial charge is 0.295 e. The summed E-state index contributed by atoms with van der Waals surface area (Å²) in [5.74, 6) is -0.514. The van der Waals surface area contributed by atoms with E-state index < -0.39 is 16.8 Å². The van der Waals surface area contributed by atoms with E-state index in [2.05, 4.69) is 11.1 Å². The van der Waals surface area contributed by atoms with E-state index in [4.69, 9.17) is 0 Å². The molecule has 0 aliphatic carbocycles. The molecule has 130 valence electrons. The smallest absolute Gasteiger partial charge is 0.269 e. The molecule has 0 fully saturated rings. The predicted molar refractivity (Wildman–Crippen MR) is 98.5 cm³/mol. The summed E-state index contributed by atoms with van der Waals surface area (Å²) in [5.41, 5.74) is 1.57. The molecule has 0 amide bonds. The second kappa shape index (κ2) is 8.08. The molecule has 7 heteroatoms. The van der Waals surface area contributed by atoms with Crippen molar-refractivity contribution in [2.24, 2.45) is 10.9 Å². The summed E-state index contributed by atoms with van der Waals surface area (Å²) in [6.07, 6.45) is 0.936. The summed E-state index contributed by atoms with van der Waals surface area (Å²) in [4.78, 5) is 27.3. The van der Waals surface area contributed by atoms with Gasteiger partial charge < -0.3 is 0 Å². The summed E-state index contributed by atoms with van der Waals surface area (Å²) in [6, 6.07) is 8.41. The fourth-order valence-electron chi connectivity index (χ4n) is 2.95. The molecule has 0 N–H and O–H groups in total. The van der Waals surface area contributed by atoms with Crippen LogP contribution in [-0.2, 0) is 4.79 Å². The number of rotatable bonds is 5. The van der Waals surface area contributed by atoms with Crippen molar-refractivity contribution in [1.29, 1.82) is 5.26 Å². The van der Waals surface area contributed by atoms with Crippen LogP contribution in [0, 0.1) is 27.4 Å². The predicted octanol–water partition coefficient (Wildman–Crippen LogP) is 4.24. The number of carbonyl (C=O) groups excluding carboxylic acids is 1. The highest BCUT2D eigenvalue weighted by Crippen LogP contribution is 2.42. The van der Waals surface area contributed by atoms with Crippen LogP contribution in [0.4, 0.5) is 5.69 Å². The number of carbonyl (C=O) groups is 1. The molecule has 1 aromatic carbocycles. The molecular formula is C18H19N3O3S. The molecule has 1 aliphatic heterocycles. The first kappa shape index (κ1) is 18.9. The molecule has 1 aliphatic rings. The normalized spacial score (nSPS) is 20.0. The standard InChI is InChI=1S/C18H19N3O3S/c1-4-8-25-18-15(10-19)17(16(12(3)22)11(2)20-18)13-6-5-7-14(9-13)21(23)24/h5-7,9,15,17H,4,8H2,1-3H3/t15?,17-/m1/s1. The van der Waals surface area contributed by atoms with Gasteiger partial charge in [-0.3, -0.25) is 14.9 Å². The molecule has 6 nitrogen and oxygen atoms in total. The van der Waals surface area contributed by atoms with Crippen LogP contribution >= 0.6 is 11.8 Å². The Morgan fingerprint density at radius 1 is 1.48 bits per heavy atom. The first-order valence-corrected chi connectivity index (χ1v) is 8.96. The second-order valence-electron chi connectivity index (χ2n) is 5.79. The number of nitrogens with zero attached hydrogens (tertiary/aromatic N) is 3. The highest BCUT2D eigenvalue weighted by molar-refractivity contribution is 8.14. The topological polar surface area (TPSA) is 96.4 Å². The van der Waals surface area contributed by atoms with Crippen LogP contribution in [0.1, 0.15) is 38.7 Å². The van der Waals surface area contributed by atoms with Gasteiger partial charge in [0, 0.05) is 29.3 Å². The zero-order valence-electron chi connectivity index (χ0n) is 14.4. The summed E-state index contributed by atoms with van der Waals surface area (Å²) in [7, 11) is 0. The van der Waals surface area contributed by atoms with Crippen LogP contribution in [0.5, 0.6) is 0 Å². The van der Waals surface area contributed by atoms with Crippen LogP contribution in [-0.4, -0.2) is 21.5 Å². The number of thioether (sulfide) groups is 1. The number of benzene rings is 1. The van der Waals surface area contributed by atoms with Crippen molar-refractivity contribution < 1.29 is 9.72 Å². The van der Waals surface area contributed by atoms with Gasteiger partial charge in [0.15, 0.2) is 5.78 Å². The number of nitriles is 1. The van der Waals surface area contributed by atoms with Crippen LogP contribution in [0.3, 0.4) is 0 Å². The van der Waals surface area contributed by atoms with Gasteiger partial charge in [0.05, 0.1) is 16.0 Å². The minimum absolute atomic E-state index is 0.0555. The van der Waals surface area contributed by atoms with E-state index in [1.165, 1.54) is 30.8 Å². The zero-order chi connectivity index (χ0) is 18.6. The Labute approximate surface area is 150 Å². The van der Waals surface area contributed by atoms with Gasteiger partial charge in [-0.05, 0) is 31.6 Å². The molecule has 2 atom stereocenters. The molecule has 0 aromatic heterocycles. The van der Waals surface area contributed by atoms with Gasteiger partial charge >= 0.3 is 0 Å². The Bertz CT molecular complexity index is 808. The van der Waals surface area contributed by atoms with E-state index in [0.717, 1.165) is 12.2 Å². The molecule has 1 heterocycles. The summed E-state index contributed by atoms with van der Waals surface area (Å²) in [6.45, 7) is 5.23. The number of non-ortho nitro benzene ring substituents is 1. The number of hydrogen-bond acceptors (Lipinski definition) is 6. The highest BCUT2D eigenvalue weighted by Gasteiger charge is 2.37. The lowest BCUT2D eigenvalue weighted by Crippen LogP contribution is -2.28. The highest BCUT2D eigenvalue weighted by atomic mass is 32.2. The van der Waals surface area contributed by atoms with Crippen molar-refractivity contribution in [1.82, 2.24) is 0 Å². The van der Waals surface area contributed by atoms with Gasteiger partial charge in [-0.25, -0.2) is 4.99 Å². The summed E-state index contributed by atoms with van der Waals surface area (Å²) in [5, 5.41) is 21.5. The van der Waals surface area contributed by atoms with Crippen molar-refractivity contribution >= 4 is 28.3 Å². The molecule has 0 saturated heterocycles. The SMILES string of the molecule is CCCSC1=NC(C)=C(C(C)=O)[C@H](c2cccc([N+](=O)[O-])c2)C1C#N. The zero-order valence-corrected chi connectivity index (χ0v) is 15.2. The molecule has 2 rings (SSSR count). The van der Waals surface area contributed by atoms with Gasteiger partial charge in [0.1, 0.15) is 5.92 Å². The van der Waals surface area contributed by atoms with E-state index in [-0.39, 0.29) is 11.5 Å². The van der Waals surface area contributed by atoms with Crippen molar-refractivity contribution in [3.05, 3.63) is 51.2 Å². The maximum absolute atomic E-state index is 12.2. The lowest BCUT2D eigenvalue weighted by molar-refractivity contribution is -0.384. The van der Waals surface area contributed by atoms with Gasteiger partial charge in [0.25, 0.3) is 5.69 Å². The lowest BCUT2D eigenvalue weighted by atomic mass is 9.77. The number of aliphatic imine (C=N–C) groups is 1. The van der Waals surface area contributed by atoms with Crippen LogP contribution in [0.15, 0.2) is 40.5 Å². The third kappa shape index (κ3) is 3.97. The fraction of sp³-hybridized carbons (Fsp3) is 0.389. The van der Waals surface area contributed by atoms with E-state index in [0.29, 0.717) is 21.9 Å². The first-order valence-electron chi connectivity index (χ1n) is 7.97. The van der Waals surface area contributed by atoms with E-state index in [1.54, 1.807) is 19.1 Å². The molecule has 1 aromatic rings. The van der Waals surface area contributed by atoms with Gasteiger partial charge in [-0.1, -0.05) is 19.1 Å². The Morgan fingerprint density at radius 2 is 2.20 bits per heavy atom. The third-order valence-electron chi connectivity index (χ3n) is 3.99. The fourth-order valence-corrected chi connectivity index (χ4v) is 3.94. The number of hydrogen-bond donors (Lipinski definition) is 0. The molecule has 0 spiro atoms. The Morgan fingerprint density at radius 3 is 2.76 bits per heavy atom. The number of ketones is 1. The average Bonchev–Trinajstić information content (AvgIpc) is 2.58. The Balaban J connectivity index is 2.61. The third-order valence-corrected chi connectivity index (χ3v) is 5.24. The number of nitro groups is 1. The first-order chi connectivity index (χ1) is 11.9. The van der Waals surface area contributed by atoms with Crippen LogP contribution < -0.4 is 0 Å². The molecule has 25 heavy (non-hydrogen) atoms. The van der Waals surface area contributed by atoms with E-state index in [9.17, 15) is 20.2 Å². The maximum atomic E-state index is 12.2. The van der Waals surface area contributed by atoms with Crippen molar-refractivity contribution in [3.63, 3.8) is 0 Å². The maximum Gasteiger partial charge on any atom is 0.269 e. The Hall–Kier alpha value is -2.46. The minimum atomic E-state index is -0.624. The number of nitro benzene ring substituents is 1. The lowest BCUT2D eigenvalue weighted by Gasteiger charge is -2.29. The van der Waals surface area contributed by atoms with Crippen molar-refractivity contribution in [2.75, 3.05) is 5.75 Å². The van der Waals surface area contributed by atoms with E-state index in [1.807, 2.05) is 6.92 Å².